The average Bonchev–Trinajstić information content (AvgIpc) is 3.25. The second-order valence-electron chi connectivity index (χ2n) is 9.56. The van der Waals surface area contributed by atoms with Crippen LogP contribution >= 0.6 is 11.6 Å². The maximum Gasteiger partial charge on any atom is 0.418 e. The lowest BCUT2D eigenvalue weighted by Crippen LogP contribution is -2.27. The van der Waals surface area contributed by atoms with Crippen LogP contribution in [0.2, 0.25) is 5.02 Å². The first-order valence-electron chi connectivity index (χ1n) is 11.9. The number of alkyl halides is 3. The first kappa shape index (κ1) is 23.6. The van der Waals surface area contributed by atoms with Crippen LogP contribution in [0, 0.1) is 5.92 Å². The Morgan fingerprint density at radius 3 is 2.74 bits per heavy atom. The molecule has 2 aromatic carbocycles. The molecule has 4 heterocycles. The highest BCUT2D eigenvalue weighted by Gasteiger charge is 2.55. The van der Waals surface area contributed by atoms with Crippen LogP contribution in [0.4, 0.5) is 18.9 Å². The molecular weight excluding hydrogens is 535 g/mol. The average molecular weight is 552 g/mol. The van der Waals surface area contributed by atoms with Gasteiger partial charge >= 0.3 is 6.18 Å². The molecule has 3 N–H and O–H groups in total. The molecule has 3 atom stereocenters. The fourth-order valence-corrected chi connectivity index (χ4v) is 5.53. The molecule has 1 saturated carbocycles. The minimum atomic E-state index is -4.58. The number of rotatable bonds is 4. The number of hydrogen-bond acceptors (Lipinski definition) is 7. The molecule has 14 heteroatoms. The Morgan fingerprint density at radius 2 is 1.97 bits per heavy atom. The van der Waals surface area contributed by atoms with Crippen LogP contribution < -0.4 is 11.3 Å². The maximum atomic E-state index is 13.5. The van der Waals surface area contributed by atoms with Crippen molar-refractivity contribution in [3.8, 4) is 28.2 Å². The van der Waals surface area contributed by atoms with Gasteiger partial charge in [0, 0.05) is 33.8 Å². The lowest BCUT2D eigenvalue weighted by molar-refractivity contribution is -0.136. The number of imidazole rings is 1. The summed E-state index contributed by atoms with van der Waals surface area (Å²) in [6, 6.07) is 9.87. The summed E-state index contributed by atoms with van der Waals surface area (Å²) in [6.45, 7) is 0. The predicted molar refractivity (Wildman–Crippen MR) is 134 cm³/mol. The smallest absolute Gasteiger partial charge is 0.398 e. The Morgan fingerprint density at radius 1 is 1.13 bits per heavy atom. The third kappa shape index (κ3) is 3.80. The SMILES string of the molecule is Nc1ccc(-c2cnc(C3C4CC4c4nc(-c5cc(Cl)ccc5-n5cnnn5)cc(=O)n43)[nH]2)cc1C(F)(F)F. The van der Waals surface area contributed by atoms with Crippen LogP contribution in [-0.4, -0.2) is 39.7 Å². The van der Waals surface area contributed by atoms with E-state index in [0.29, 0.717) is 39.3 Å². The molecular formula is C25H17ClF3N9O. The molecule has 3 unspecified atom stereocenters. The van der Waals surface area contributed by atoms with E-state index in [0.717, 1.165) is 12.5 Å². The van der Waals surface area contributed by atoms with Crippen LogP contribution in [0.3, 0.4) is 0 Å². The highest BCUT2D eigenvalue weighted by molar-refractivity contribution is 6.31. The molecule has 0 saturated heterocycles. The second kappa shape index (κ2) is 8.24. The van der Waals surface area contributed by atoms with E-state index in [-0.39, 0.29) is 28.6 Å². The van der Waals surface area contributed by atoms with Gasteiger partial charge in [0.05, 0.1) is 34.9 Å². The molecule has 1 aliphatic heterocycles. The molecule has 7 rings (SSSR count). The highest BCUT2D eigenvalue weighted by atomic mass is 35.5. The van der Waals surface area contributed by atoms with Crippen LogP contribution in [0.1, 0.15) is 35.6 Å². The lowest BCUT2D eigenvalue weighted by Gasteiger charge is -2.17. The predicted octanol–water partition coefficient (Wildman–Crippen LogP) is 4.24. The largest absolute Gasteiger partial charge is 0.418 e. The Bertz CT molecular complexity index is 1810. The van der Waals surface area contributed by atoms with E-state index in [1.807, 2.05) is 0 Å². The van der Waals surface area contributed by atoms with Gasteiger partial charge in [0.25, 0.3) is 5.56 Å². The van der Waals surface area contributed by atoms with E-state index in [1.165, 1.54) is 35.4 Å². The minimum Gasteiger partial charge on any atom is -0.398 e. The fourth-order valence-electron chi connectivity index (χ4n) is 5.35. The van der Waals surface area contributed by atoms with Crippen molar-refractivity contribution in [2.24, 2.45) is 5.92 Å². The summed E-state index contributed by atoms with van der Waals surface area (Å²) >= 11 is 6.27. The van der Waals surface area contributed by atoms with Gasteiger partial charge < -0.3 is 10.7 Å². The van der Waals surface area contributed by atoms with Gasteiger partial charge in [0.2, 0.25) is 0 Å². The van der Waals surface area contributed by atoms with E-state index in [1.54, 1.807) is 22.8 Å². The summed E-state index contributed by atoms with van der Waals surface area (Å²) in [4.78, 5) is 25.9. The minimum absolute atomic E-state index is 0.0558. The van der Waals surface area contributed by atoms with E-state index < -0.39 is 17.8 Å². The molecule has 5 aromatic rings. The zero-order valence-corrected chi connectivity index (χ0v) is 20.5. The van der Waals surface area contributed by atoms with E-state index >= 15 is 0 Å². The normalized spacial score (nSPS) is 19.6. The van der Waals surface area contributed by atoms with Gasteiger partial charge in [-0.05, 0) is 53.1 Å². The zero-order valence-electron chi connectivity index (χ0n) is 19.8. The quantitative estimate of drug-likeness (QED) is 0.319. The molecule has 0 bridgehead atoms. The highest BCUT2D eigenvalue weighted by Crippen LogP contribution is 2.59. The number of nitrogen functional groups attached to an aromatic ring is 1. The number of anilines is 1. The number of aromatic amines is 1. The molecule has 1 aliphatic carbocycles. The van der Waals surface area contributed by atoms with Crippen molar-refractivity contribution in [2.75, 3.05) is 5.73 Å². The number of H-pyrrole nitrogens is 1. The summed E-state index contributed by atoms with van der Waals surface area (Å²) in [5.74, 6) is 1.26. The molecule has 0 amide bonds. The van der Waals surface area contributed by atoms with Crippen LogP contribution in [-0.2, 0) is 6.18 Å². The number of tetrazole rings is 1. The summed E-state index contributed by atoms with van der Waals surface area (Å²) < 4.78 is 43.2. The van der Waals surface area contributed by atoms with Crippen molar-refractivity contribution in [1.29, 1.82) is 0 Å². The third-order valence-electron chi connectivity index (χ3n) is 7.21. The van der Waals surface area contributed by atoms with Gasteiger partial charge in [0.1, 0.15) is 18.0 Å². The van der Waals surface area contributed by atoms with Gasteiger partial charge in [-0.25, -0.2) is 9.97 Å². The molecule has 0 radical (unpaired) electrons. The maximum absolute atomic E-state index is 13.5. The summed E-state index contributed by atoms with van der Waals surface area (Å²) in [5, 5.41) is 11.8. The van der Waals surface area contributed by atoms with E-state index in [4.69, 9.17) is 22.3 Å². The van der Waals surface area contributed by atoms with Crippen molar-refractivity contribution in [1.82, 2.24) is 39.7 Å². The van der Waals surface area contributed by atoms with Crippen LogP contribution in [0.15, 0.2) is 59.8 Å². The summed E-state index contributed by atoms with van der Waals surface area (Å²) in [5.41, 5.74) is 6.32. The summed E-state index contributed by atoms with van der Waals surface area (Å²) in [6.07, 6.45) is -0.870. The number of fused-ring (bicyclic) bond motifs is 3. The number of hydrogen-bond donors (Lipinski definition) is 2. The number of aromatic nitrogens is 8. The van der Waals surface area contributed by atoms with Crippen LogP contribution in [0.25, 0.3) is 28.2 Å². The fraction of sp³-hybridized carbons (Fsp3) is 0.200. The van der Waals surface area contributed by atoms with Gasteiger partial charge in [0.15, 0.2) is 0 Å². The van der Waals surface area contributed by atoms with Gasteiger partial charge in [-0.1, -0.05) is 17.7 Å². The van der Waals surface area contributed by atoms with Crippen molar-refractivity contribution >= 4 is 17.3 Å². The monoisotopic (exact) mass is 551 g/mol. The third-order valence-corrected chi connectivity index (χ3v) is 7.45. The first-order valence-corrected chi connectivity index (χ1v) is 12.3. The molecule has 2 aliphatic rings. The topological polar surface area (TPSA) is 133 Å². The first-order chi connectivity index (χ1) is 18.7. The van der Waals surface area contributed by atoms with E-state index in [9.17, 15) is 18.0 Å². The Hall–Kier alpha value is -4.52. The standard InChI is InChI=1S/C25H17ClF3N9O/c26-12-2-4-20(37-10-32-35-36-37)15(6-12)18-8-21(39)38-22(13-7-14(13)24(38)34-18)23-31-9-19(33-23)11-1-3-17(30)16(5-11)25(27,28)29/h1-6,8-10,13-14,22H,7,30H2,(H,31,33). The number of nitrogens with one attached hydrogen (secondary N) is 1. The number of benzene rings is 2. The van der Waals surface area contributed by atoms with Gasteiger partial charge in [-0.3, -0.25) is 9.36 Å². The second-order valence-corrected chi connectivity index (χ2v) is 9.99. The van der Waals surface area contributed by atoms with E-state index in [2.05, 4.69) is 25.5 Å². The Kier molecular flexibility index (Phi) is 4.98. The van der Waals surface area contributed by atoms with Crippen molar-refractivity contribution < 1.29 is 13.2 Å². The molecule has 3 aromatic heterocycles. The molecule has 196 valence electrons. The molecule has 39 heavy (non-hydrogen) atoms. The number of nitrogens with two attached hydrogens (primary N) is 1. The van der Waals surface area contributed by atoms with Crippen LogP contribution in [0.5, 0.6) is 0 Å². The zero-order chi connectivity index (χ0) is 27.1. The Labute approximate surface area is 222 Å². The van der Waals surface area contributed by atoms with Crippen molar-refractivity contribution in [3.63, 3.8) is 0 Å². The number of halogens is 4. The van der Waals surface area contributed by atoms with Crippen molar-refractivity contribution in [2.45, 2.75) is 24.6 Å². The molecule has 10 nitrogen and oxygen atoms in total. The Balaban J connectivity index is 1.28. The lowest BCUT2D eigenvalue weighted by atomic mass is 10.1. The number of nitrogens with zero attached hydrogens (tertiary/aromatic N) is 7. The van der Waals surface area contributed by atoms with Crippen molar-refractivity contribution in [3.05, 3.63) is 87.6 Å². The van der Waals surface area contributed by atoms with Gasteiger partial charge in [-0.2, -0.15) is 17.9 Å². The van der Waals surface area contributed by atoms with Gasteiger partial charge in [-0.15, -0.1) is 5.10 Å². The molecule has 0 spiro atoms. The summed E-state index contributed by atoms with van der Waals surface area (Å²) in [7, 11) is 0. The molecule has 1 fully saturated rings.